The quantitative estimate of drug-likeness (QED) is 0.491. The maximum atomic E-state index is 13.0. The fraction of sp³-hybridized carbons (Fsp3) is 0.368. The SMILES string of the molecule is CC(C)N1C(=O)C(=O)N(CC(=O)N(Cc2ccccc2)[C@@H]2C=CS(=O)(=O)C2)C1=O. The molecule has 2 heterocycles. The average molecular weight is 419 g/mol. The van der Waals surface area contributed by atoms with Gasteiger partial charge in [0.25, 0.3) is 0 Å². The van der Waals surface area contributed by atoms with Crippen molar-refractivity contribution < 1.29 is 27.6 Å². The van der Waals surface area contributed by atoms with E-state index in [1.807, 2.05) is 6.07 Å². The largest absolute Gasteiger partial charge is 0.334 e. The number of imide groups is 2. The summed E-state index contributed by atoms with van der Waals surface area (Å²) >= 11 is 0. The highest BCUT2D eigenvalue weighted by atomic mass is 32.2. The lowest BCUT2D eigenvalue weighted by molar-refractivity contribution is -0.145. The number of nitrogens with zero attached hydrogens (tertiary/aromatic N) is 3. The van der Waals surface area contributed by atoms with Gasteiger partial charge in [0, 0.05) is 18.0 Å². The number of sulfone groups is 1. The number of hydrogen-bond donors (Lipinski definition) is 0. The van der Waals surface area contributed by atoms with E-state index in [0.29, 0.717) is 4.90 Å². The first-order valence-electron chi connectivity index (χ1n) is 9.04. The molecule has 2 aliphatic rings. The molecule has 0 N–H and O–H groups in total. The van der Waals surface area contributed by atoms with Gasteiger partial charge >= 0.3 is 17.8 Å². The van der Waals surface area contributed by atoms with E-state index in [-0.39, 0.29) is 12.3 Å². The lowest BCUT2D eigenvalue weighted by Gasteiger charge is -2.29. The van der Waals surface area contributed by atoms with E-state index in [1.165, 1.54) is 11.0 Å². The van der Waals surface area contributed by atoms with Crippen LogP contribution in [0.15, 0.2) is 41.8 Å². The second-order valence-corrected chi connectivity index (χ2v) is 9.11. The highest BCUT2D eigenvalue weighted by Gasteiger charge is 2.47. The third-order valence-corrected chi connectivity index (χ3v) is 6.10. The Hall–Kier alpha value is -3.01. The first-order valence-corrected chi connectivity index (χ1v) is 10.8. The molecule has 0 spiro atoms. The molecule has 0 radical (unpaired) electrons. The van der Waals surface area contributed by atoms with E-state index >= 15 is 0 Å². The van der Waals surface area contributed by atoms with Crippen LogP contribution >= 0.6 is 0 Å². The molecule has 1 fully saturated rings. The molecule has 9 nitrogen and oxygen atoms in total. The van der Waals surface area contributed by atoms with Crippen LogP contribution in [0.3, 0.4) is 0 Å². The molecule has 3 rings (SSSR count). The van der Waals surface area contributed by atoms with E-state index in [4.69, 9.17) is 0 Å². The molecular formula is C19H21N3O6S. The van der Waals surface area contributed by atoms with Gasteiger partial charge in [-0.05, 0) is 25.5 Å². The van der Waals surface area contributed by atoms with Crippen LogP contribution in [0.4, 0.5) is 4.79 Å². The van der Waals surface area contributed by atoms with E-state index in [9.17, 15) is 27.6 Å². The Bertz CT molecular complexity index is 986. The zero-order chi connectivity index (χ0) is 21.3. The summed E-state index contributed by atoms with van der Waals surface area (Å²) in [7, 11) is -3.43. The molecule has 1 aromatic rings. The molecule has 154 valence electrons. The zero-order valence-electron chi connectivity index (χ0n) is 16.0. The Morgan fingerprint density at radius 3 is 2.31 bits per heavy atom. The van der Waals surface area contributed by atoms with Crippen molar-refractivity contribution in [3.63, 3.8) is 0 Å². The number of benzene rings is 1. The van der Waals surface area contributed by atoms with Gasteiger partial charge in [-0.2, -0.15) is 0 Å². The third-order valence-electron chi connectivity index (χ3n) is 4.72. The Morgan fingerprint density at radius 1 is 1.14 bits per heavy atom. The predicted octanol–water partition coefficient (Wildman–Crippen LogP) is 0.525. The van der Waals surface area contributed by atoms with Crippen molar-refractivity contribution >= 4 is 33.6 Å². The van der Waals surface area contributed by atoms with Gasteiger partial charge in [-0.3, -0.25) is 19.3 Å². The van der Waals surface area contributed by atoms with Gasteiger partial charge in [0.1, 0.15) is 6.54 Å². The van der Waals surface area contributed by atoms with Crippen molar-refractivity contribution in [3.8, 4) is 0 Å². The van der Waals surface area contributed by atoms with Crippen LogP contribution in [0.2, 0.25) is 0 Å². The van der Waals surface area contributed by atoms with Crippen LogP contribution in [0.5, 0.6) is 0 Å². The van der Waals surface area contributed by atoms with Crippen molar-refractivity contribution in [2.24, 2.45) is 0 Å². The number of carbonyl (C=O) groups excluding carboxylic acids is 4. The van der Waals surface area contributed by atoms with Gasteiger partial charge in [-0.1, -0.05) is 30.3 Å². The van der Waals surface area contributed by atoms with Gasteiger partial charge in [0.2, 0.25) is 5.91 Å². The summed E-state index contributed by atoms with van der Waals surface area (Å²) in [6.45, 7) is 2.64. The van der Waals surface area contributed by atoms with Crippen molar-refractivity contribution in [1.29, 1.82) is 0 Å². The van der Waals surface area contributed by atoms with E-state index < -0.39 is 52.2 Å². The molecule has 2 aliphatic heterocycles. The lowest BCUT2D eigenvalue weighted by Crippen LogP contribution is -2.47. The zero-order valence-corrected chi connectivity index (χ0v) is 16.8. The summed E-state index contributed by atoms with van der Waals surface area (Å²) in [5.41, 5.74) is 0.762. The fourth-order valence-electron chi connectivity index (χ4n) is 3.27. The van der Waals surface area contributed by atoms with Crippen molar-refractivity contribution in [2.45, 2.75) is 32.5 Å². The number of carbonyl (C=O) groups is 4. The van der Waals surface area contributed by atoms with Crippen molar-refractivity contribution in [3.05, 3.63) is 47.4 Å². The molecule has 0 aliphatic carbocycles. The standard InChI is InChI=1S/C19H21N3O6S/c1-13(2)22-18(25)17(24)21(19(22)26)11-16(23)20(10-14-6-4-3-5-7-14)15-8-9-29(27,28)12-15/h3-9,13,15H,10-12H2,1-2H3/t15-/m1/s1. The van der Waals surface area contributed by atoms with Gasteiger partial charge in [0.15, 0.2) is 9.84 Å². The van der Waals surface area contributed by atoms with Crippen LogP contribution in [-0.4, -0.2) is 71.3 Å². The number of rotatable bonds is 6. The highest BCUT2D eigenvalue weighted by molar-refractivity contribution is 7.94. The second-order valence-electron chi connectivity index (χ2n) is 7.18. The minimum absolute atomic E-state index is 0.0995. The molecular weight excluding hydrogens is 398 g/mol. The van der Waals surface area contributed by atoms with Crippen LogP contribution in [-0.2, 0) is 30.8 Å². The predicted molar refractivity (Wildman–Crippen MR) is 103 cm³/mol. The molecule has 0 saturated carbocycles. The first kappa shape index (κ1) is 20.7. The minimum Gasteiger partial charge on any atom is -0.329 e. The Kier molecular flexibility index (Phi) is 5.56. The van der Waals surface area contributed by atoms with Crippen LogP contribution in [0.25, 0.3) is 0 Å². The number of hydrogen-bond acceptors (Lipinski definition) is 6. The number of urea groups is 1. The average Bonchev–Trinajstić information content (AvgIpc) is 3.12. The fourth-order valence-corrected chi connectivity index (χ4v) is 4.57. The van der Waals surface area contributed by atoms with Gasteiger partial charge in [0.05, 0.1) is 11.8 Å². The minimum atomic E-state index is -3.43. The third kappa shape index (κ3) is 4.21. The summed E-state index contributed by atoms with van der Waals surface area (Å²) in [6, 6.07) is 6.84. The van der Waals surface area contributed by atoms with Crippen LogP contribution < -0.4 is 0 Å². The Balaban J connectivity index is 1.83. The second kappa shape index (κ2) is 7.78. The van der Waals surface area contributed by atoms with Crippen molar-refractivity contribution in [1.82, 2.24) is 14.7 Å². The summed E-state index contributed by atoms with van der Waals surface area (Å²) in [4.78, 5) is 52.4. The Morgan fingerprint density at radius 2 is 1.79 bits per heavy atom. The summed E-state index contributed by atoms with van der Waals surface area (Å²) in [5, 5.41) is 1.05. The molecule has 10 heteroatoms. The van der Waals surface area contributed by atoms with Crippen LogP contribution in [0.1, 0.15) is 19.4 Å². The molecule has 0 bridgehead atoms. The summed E-state index contributed by atoms with van der Waals surface area (Å²) < 4.78 is 23.7. The maximum absolute atomic E-state index is 13.0. The molecule has 1 aromatic carbocycles. The molecule has 0 unspecified atom stereocenters. The lowest BCUT2D eigenvalue weighted by atomic mass is 10.1. The summed E-state index contributed by atoms with van der Waals surface area (Å²) in [5.74, 6) is -2.94. The molecule has 1 saturated heterocycles. The smallest absolute Gasteiger partial charge is 0.329 e. The topological polar surface area (TPSA) is 112 Å². The highest BCUT2D eigenvalue weighted by Crippen LogP contribution is 2.20. The van der Waals surface area contributed by atoms with Gasteiger partial charge < -0.3 is 4.90 Å². The van der Waals surface area contributed by atoms with Gasteiger partial charge in [-0.15, -0.1) is 0 Å². The van der Waals surface area contributed by atoms with Crippen molar-refractivity contribution in [2.75, 3.05) is 12.3 Å². The molecule has 5 amide bonds. The normalized spacial score (nSPS) is 20.8. The van der Waals surface area contributed by atoms with Crippen LogP contribution in [0, 0.1) is 0 Å². The number of amides is 5. The summed E-state index contributed by atoms with van der Waals surface area (Å²) in [6.07, 6.45) is 1.41. The van der Waals surface area contributed by atoms with E-state index in [1.54, 1.807) is 38.1 Å². The van der Waals surface area contributed by atoms with Gasteiger partial charge in [-0.25, -0.2) is 18.1 Å². The molecule has 1 atom stereocenters. The maximum Gasteiger partial charge on any atom is 0.334 e. The van der Waals surface area contributed by atoms with E-state index in [2.05, 4.69) is 0 Å². The molecule has 0 aromatic heterocycles. The molecule has 29 heavy (non-hydrogen) atoms. The van der Waals surface area contributed by atoms with E-state index in [0.717, 1.165) is 15.9 Å². The first-order chi connectivity index (χ1) is 13.6. The monoisotopic (exact) mass is 419 g/mol. The Labute approximate surface area is 168 Å².